The summed E-state index contributed by atoms with van der Waals surface area (Å²) in [6, 6.07) is 9.72. The van der Waals surface area contributed by atoms with Crippen LogP contribution in [0.5, 0.6) is 6.01 Å². The van der Waals surface area contributed by atoms with Crippen molar-refractivity contribution in [2.75, 3.05) is 18.4 Å². The number of hydrogen-bond donors (Lipinski definition) is 1. The fourth-order valence-electron chi connectivity index (χ4n) is 2.41. The summed E-state index contributed by atoms with van der Waals surface area (Å²) in [5.74, 6) is 0. The van der Waals surface area contributed by atoms with Gasteiger partial charge in [0.25, 0.3) is 0 Å². The molecule has 2 heterocycles. The Balaban J connectivity index is 1.56. The van der Waals surface area contributed by atoms with E-state index in [1.54, 1.807) is 23.4 Å². The summed E-state index contributed by atoms with van der Waals surface area (Å²) in [5.41, 5.74) is 1.88. The highest BCUT2D eigenvalue weighted by Crippen LogP contribution is 2.18. The summed E-state index contributed by atoms with van der Waals surface area (Å²) in [4.78, 5) is 22.1. The Hall–Kier alpha value is -2.63. The van der Waals surface area contributed by atoms with Crippen LogP contribution in [-0.2, 0) is 0 Å². The molecule has 114 valence electrons. The van der Waals surface area contributed by atoms with E-state index in [1.165, 1.54) is 0 Å². The monoisotopic (exact) mass is 298 g/mol. The number of carbonyl (C=O) groups excluding carboxylic acids is 1. The number of likely N-dealkylation sites (tertiary alicyclic amines) is 1. The zero-order valence-corrected chi connectivity index (χ0v) is 12.4. The van der Waals surface area contributed by atoms with Crippen LogP contribution in [0.3, 0.4) is 0 Å². The fourth-order valence-corrected chi connectivity index (χ4v) is 2.41. The molecule has 1 aliphatic heterocycles. The summed E-state index contributed by atoms with van der Waals surface area (Å²) in [7, 11) is 0. The predicted molar refractivity (Wildman–Crippen MR) is 82.8 cm³/mol. The van der Waals surface area contributed by atoms with Gasteiger partial charge in [0.15, 0.2) is 0 Å². The molecule has 0 spiro atoms. The van der Waals surface area contributed by atoms with E-state index in [4.69, 9.17) is 4.74 Å². The molecule has 2 aromatic rings. The molecule has 1 fully saturated rings. The molecule has 0 bridgehead atoms. The van der Waals surface area contributed by atoms with Crippen LogP contribution in [0.2, 0.25) is 0 Å². The zero-order chi connectivity index (χ0) is 15.4. The Morgan fingerprint density at radius 2 is 2.05 bits per heavy atom. The standard InChI is InChI=1S/C16H18N4O2/c1-12-5-2-3-6-14(12)19-16(21)20-10-7-13(11-20)22-15-17-8-4-9-18-15/h2-6,8-9,13H,7,10-11H2,1H3,(H,19,21)/t13-/m0/s1. The summed E-state index contributed by atoms with van der Waals surface area (Å²) in [5, 5.41) is 2.94. The van der Waals surface area contributed by atoms with Crippen LogP contribution >= 0.6 is 0 Å². The van der Waals surface area contributed by atoms with E-state index in [9.17, 15) is 4.79 Å². The van der Waals surface area contributed by atoms with E-state index in [1.807, 2.05) is 31.2 Å². The van der Waals surface area contributed by atoms with Crippen LogP contribution in [0.25, 0.3) is 0 Å². The highest BCUT2D eigenvalue weighted by Gasteiger charge is 2.28. The number of aromatic nitrogens is 2. The molecule has 6 heteroatoms. The minimum atomic E-state index is -0.102. The van der Waals surface area contributed by atoms with Crippen molar-refractivity contribution in [2.45, 2.75) is 19.4 Å². The number of para-hydroxylation sites is 1. The molecule has 22 heavy (non-hydrogen) atoms. The minimum absolute atomic E-state index is 0.0648. The number of benzene rings is 1. The lowest BCUT2D eigenvalue weighted by molar-refractivity contribution is 0.184. The number of anilines is 1. The molecule has 0 aliphatic carbocycles. The molecule has 1 aromatic carbocycles. The van der Waals surface area contributed by atoms with Crippen molar-refractivity contribution in [2.24, 2.45) is 0 Å². The normalized spacial score (nSPS) is 17.3. The number of nitrogens with one attached hydrogen (secondary N) is 1. The molecular weight excluding hydrogens is 280 g/mol. The lowest BCUT2D eigenvalue weighted by Crippen LogP contribution is -2.34. The van der Waals surface area contributed by atoms with Gasteiger partial charge in [-0.05, 0) is 24.6 Å². The average molecular weight is 298 g/mol. The van der Waals surface area contributed by atoms with Gasteiger partial charge in [0, 0.05) is 31.0 Å². The van der Waals surface area contributed by atoms with Crippen molar-refractivity contribution in [3.63, 3.8) is 0 Å². The summed E-state index contributed by atoms with van der Waals surface area (Å²) in [6.45, 7) is 3.17. The Morgan fingerprint density at radius 1 is 1.27 bits per heavy atom. The Morgan fingerprint density at radius 3 is 2.82 bits per heavy atom. The maximum atomic E-state index is 12.3. The third-order valence-electron chi connectivity index (χ3n) is 3.63. The lowest BCUT2D eigenvalue weighted by atomic mass is 10.2. The molecule has 1 aromatic heterocycles. The third kappa shape index (κ3) is 3.33. The third-order valence-corrected chi connectivity index (χ3v) is 3.63. The van der Waals surface area contributed by atoms with E-state index in [2.05, 4.69) is 15.3 Å². The first-order valence-corrected chi connectivity index (χ1v) is 7.27. The number of hydrogen-bond acceptors (Lipinski definition) is 4. The van der Waals surface area contributed by atoms with E-state index in [0.717, 1.165) is 17.7 Å². The largest absolute Gasteiger partial charge is 0.458 e. The van der Waals surface area contributed by atoms with Gasteiger partial charge in [-0.3, -0.25) is 0 Å². The molecule has 3 rings (SSSR count). The Labute approximate surface area is 129 Å². The number of carbonyl (C=O) groups is 1. The smallest absolute Gasteiger partial charge is 0.321 e. The maximum absolute atomic E-state index is 12.3. The molecule has 1 N–H and O–H groups in total. The summed E-state index contributed by atoms with van der Waals surface area (Å²) >= 11 is 0. The molecule has 1 aliphatic rings. The average Bonchev–Trinajstić information content (AvgIpc) is 2.99. The minimum Gasteiger partial charge on any atom is -0.458 e. The summed E-state index contributed by atoms with van der Waals surface area (Å²) in [6.07, 6.45) is 3.99. The molecular formula is C16H18N4O2. The van der Waals surface area contributed by atoms with Gasteiger partial charge >= 0.3 is 12.0 Å². The van der Waals surface area contributed by atoms with Crippen LogP contribution in [-0.4, -0.2) is 40.1 Å². The number of ether oxygens (including phenoxy) is 1. The second-order valence-corrected chi connectivity index (χ2v) is 5.25. The van der Waals surface area contributed by atoms with Crippen LogP contribution in [0.1, 0.15) is 12.0 Å². The van der Waals surface area contributed by atoms with Crippen LogP contribution < -0.4 is 10.1 Å². The number of amides is 2. The molecule has 2 amide bonds. The Kier molecular flexibility index (Phi) is 4.18. The van der Waals surface area contributed by atoms with Crippen LogP contribution in [0, 0.1) is 6.92 Å². The maximum Gasteiger partial charge on any atom is 0.321 e. The fraction of sp³-hybridized carbons (Fsp3) is 0.312. The first kappa shape index (κ1) is 14.3. The van der Waals surface area contributed by atoms with Gasteiger partial charge in [0.2, 0.25) is 0 Å². The van der Waals surface area contributed by atoms with Crippen molar-refractivity contribution in [3.05, 3.63) is 48.3 Å². The quantitative estimate of drug-likeness (QED) is 0.945. The second-order valence-electron chi connectivity index (χ2n) is 5.25. The predicted octanol–water partition coefficient (Wildman–Crippen LogP) is 2.47. The van der Waals surface area contributed by atoms with Gasteiger partial charge < -0.3 is 15.0 Å². The second kappa shape index (κ2) is 6.43. The van der Waals surface area contributed by atoms with Gasteiger partial charge in [0.1, 0.15) is 6.10 Å². The number of nitrogens with zero attached hydrogens (tertiary/aromatic N) is 3. The molecule has 0 unspecified atom stereocenters. The van der Waals surface area contributed by atoms with E-state index >= 15 is 0 Å². The van der Waals surface area contributed by atoms with Crippen molar-refractivity contribution < 1.29 is 9.53 Å². The van der Waals surface area contributed by atoms with Gasteiger partial charge in [-0.1, -0.05) is 18.2 Å². The number of aryl methyl sites for hydroxylation is 1. The topological polar surface area (TPSA) is 67.4 Å². The van der Waals surface area contributed by atoms with Crippen molar-refractivity contribution in [1.29, 1.82) is 0 Å². The van der Waals surface area contributed by atoms with Crippen LogP contribution in [0.4, 0.5) is 10.5 Å². The molecule has 1 atom stereocenters. The van der Waals surface area contributed by atoms with Gasteiger partial charge in [-0.15, -0.1) is 0 Å². The number of urea groups is 1. The molecule has 0 radical (unpaired) electrons. The van der Waals surface area contributed by atoms with Crippen molar-refractivity contribution in [1.82, 2.24) is 14.9 Å². The Bertz CT molecular complexity index is 648. The number of rotatable bonds is 3. The van der Waals surface area contributed by atoms with Gasteiger partial charge in [0.05, 0.1) is 6.54 Å². The zero-order valence-electron chi connectivity index (χ0n) is 12.4. The van der Waals surface area contributed by atoms with Gasteiger partial charge in [-0.2, -0.15) is 0 Å². The van der Waals surface area contributed by atoms with Crippen molar-refractivity contribution >= 4 is 11.7 Å². The highest BCUT2D eigenvalue weighted by molar-refractivity contribution is 5.90. The molecule has 0 saturated carbocycles. The summed E-state index contributed by atoms with van der Waals surface area (Å²) < 4.78 is 5.69. The lowest BCUT2D eigenvalue weighted by Gasteiger charge is -2.18. The SMILES string of the molecule is Cc1ccccc1NC(=O)N1CC[C@H](Oc2ncccn2)C1. The first-order valence-electron chi connectivity index (χ1n) is 7.27. The van der Waals surface area contributed by atoms with E-state index in [-0.39, 0.29) is 12.1 Å². The first-order chi connectivity index (χ1) is 10.7. The van der Waals surface area contributed by atoms with E-state index in [0.29, 0.717) is 19.1 Å². The molecule has 6 nitrogen and oxygen atoms in total. The van der Waals surface area contributed by atoms with Crippen molar-refractivity contribution in [3.8, 4) is 6.01 Å². The van der Waals surface area contributed by atoms with E-state index < -0.39 is 0 Å². The van der Waals surface area contributed by atoms with Gasteiger partial charge in [-0.25, -0.2) is 14.8 Å². The highest BCUT2D eigenvalue weighted by atomic mass is 16.5. The molecule has 1 saturated heterocycles. The van der Waals surface area contributed by atoms with Crippen LogP contribution in [0.15, 0.2) is 42.7 Å².